The SMILES string of the molecule is Cc1ccc(NC(=O)NC(=O)C[NH+](C)Cc2ccc(C(F)(F)F)cc2)c(C)c1. The molecule has 0 spiro atoms. The summed E-state index contributed by atoms with van der Waals surface area (Å²) in [4.78, 5) is 24.7. The largest absolute Gasteiger partial charge is 0.416 e. The van der Waals surface area contributed by atoms with E-state index in [0.29, 0.717) is 17.8 Å². The highest BCUT2D eigenvalue weighted by atomic mass is 19.4. The third kappa shape index (κ3) is 6.38. The van der Waals surface area contributed by atoms with E-state index in [1.54, 1.807) is 13.1 Å². The number of hydrogen-bond acceptors (Lipinski definition) is 2. The van der Waals surface area contributed by atoms with Crippen molar-refractivity contribution in [3.63, 3.8) is 0 Å². The van der Waals surface area contributed by atoms with Crippen molar-refractivity contribution < 1.29 is 27.7 Å². The predicted octanol–water partition coefficient (Wildman–Crippen LogP) is 2.69. The van der Waals surface area contributed by atoms with Gasteiger partial charge in [-0.25, -0.2) is 4.79 Å². The molecular weight excluding hydrogens is 371 g/mol. The lowest BCUT2D eigenvalue weighted by Gasteiger charge is -2.15. The number of likely N-dealkylation sites (N-methyl/N-ethyl adjacent to an activating group) is 1. The normalized spacial score (nSPS) is 12.4. The molecule has 3 amide bonds. The summed E-state index contributed by atoms with van der Waals surface area (Å²) >= 11 is 0. The molecule has 0 aliphatic heterocycles. The monoisotopic (exact) mass is 394 g/mol. The number of anilines is 1. The molecule has 0 saturated heterocycles. The summed E-state index contributed by atoms with van der Waals surface area (Å²) < 4.78 is 37.7. The van der Waals surface area contributed by atoms with Crippen LogP contribution in [-0.4, -0.2) is 25.5 Å². The Kier molecular flexibility index (Phi) is 6.80. The molecule has 150 valence electrons. The molecule has 3 N–H and O–H groups in total. The van der Waals surface area contributed by atoms with E-state index in [1.807, 2.05) is 26.0 Å². The van der Waals surface area contributed by atoms with E-state index >= 15 is 0 Å². The van der Waals surface area contributed by atoms with E-state index in [-0.39, 0.29) is 6.54 Å². The zero-order chi connectivity index (χ0) is 20.9. The number of aryl methyl sites for hydroxylation is 2. The number of benzene rings is 2. The highest BCUT2D eigenvalue weighted by Gasteiger charge is 2.30. The number of carbonyl (C=O) groups is 2. The van der Waals surface area contributed by atoms with Crippen LogP contribution in [0, 0.1) is 13.8 Å². The van der Waals surface area contributed by atoms with Gasteiger partial charge in [-0.15, -0.1) is 0 Å². The van der Waals surface area contributed by atoms with Gasteiger partial charge in [0.1, 0.15) is 6.54 Å². The molecule has 0 aliphatic rings. The molecule has 2 aromatic rings. The van der Waals surface area contributed by atoms with Crippen LogP contribution in [0.4, 0.5) is 23.7 Å². The van der Waals surface area contributed by atoms with Crippen molar-refractivity contribution in [3.05, 3.63) is 64.7 Å². The van der Waals surface area contributed by atoms with Crippen molar-refractivity contribution in [1.82, 2.24) is 5.32 Å². The molecular formula is C20H23F3N3O2+. The molecule has 1 unspecified atom stereocenters. The molecule has 0 radical (unpaired) electrons. The molecule has 0 heterocycles. The number of imide groups is 1. The molecule has 0 saturated carbocycles. The number of urea groups is 1. The molecule has 28 heavy (non-hydrogen) atoms. The van der Waals surface area contributed by atoms with Gasteiger partial charge in [0.25, 0.3) is 5.91 Å². The van der Waals surface area contributed by atoms with Crippen LogP contribution in [0.2, 0.25) is 0 Å². The Hall–Kier alpha value is -2.87. The van der Waals surface area contributed by atoms with Gasteiger partial charge in [-0.3, -0.25) is 10.1 Å². The summed E-state index contributed by atoms with van der Waals surface area (Å²) in [5.74, 6) is -0.480. The standard InChI is InChI=1S/C20H22F3N3O2/c1-13-4-9-17(14(2)10-13)24-19(28)25-18(27)12-26(3)11-15-5-7-16(8-6-15)20(21,22)23/h4-10H,11-12H2,1-3H3,(H2,24,25,27,28)/p+1. The Morgan fingerprint density at radius 1 is 1.04 bits per heavy atom. The van der Waals surface area contributed by atoms with Crippen LogP contribution in [0.15, 0.2) is 42.5 Å². The van der Waals surface area contributed by atoms with Gasteiger partial charge >= 0.3 is 12.2 Å². The molecule has 2 rings (SSSR count). The zero-order valence-electron chi connectivity index (χ0n) is 15.9. The molecule has 0 fully saturated rings. The fraction of sp³-hybridized carbons (Fsp3) is 0.300. The molecule has 8 heteroatoms. The van der Waals surface area contributed by atoms with Crippen LogP contribution < -0.4 is 15.5 Å². The lowest BCUT2D eigenvalue weighted by atomic mass is 10.1. The minimum atomic E-state index is -4.37. The Balaban J connectivity index is 1.84. The van der Waals surface area contributed by atoms with Gasteiger partial charge in [0.05, 0.1) is 12.6 Å². The van der Waals surface area contributed by atoms with E-state index in [1.165, 1.54) is 12.1 Å². The minimum Gasteiger partial charge on any atom is -0.326 e. The van der Waals surface area contributed by atoms with Crippen molar-refractivity contribution in [2.45, 2.75) is 26.6 Å². The van der Waals surface area contributed by atoms with Gasteiger partial charge in [-0.1, -0.05) is 29.8 Å². The van der Waals surface area contributed by atoms with Crippen LogP contribution in [0.1, 0.15) is 22.3 Å². The average Bonchev–Trinajstić information content (AvgIpc) is 2.56. The second-order valence-corrected chi connectivity index (χ2v) is 6.83. The Morgan fingerprint density at radius 3 is 2.25 bits per heavy atom. The maximum Gasteiger partial charge on any atom is 0.416 e. The highest BCUT2D eigenvalue weighted by Crippen LogP contribution is 2.28. The second-order valence-electron chi connectivity index (χ2n) is 6.83. The zero-order valence-corrected chi connectivity index (χ0v) is 15.9. The van der Waals surface area contributed by atoms with Gasteiger partial charge in [0.2, 0.25) is 0 Å². The number of amides is 3. The summed E-state index contributed by atoms with van der Waals surface area (Å²) in [5.41, 5.74) is 2.51. The van der Waals surface area contributed by atoms with Crippen molar-refractivity contribution in [1.29, 1.82) is 0 Å². The predicted molar refractivity (Wildman–Crippen MR) is 100.0 cm³/mol. The second kappa shape index (κ2) is 8.88. The van der Waals surface area contributed by atoms with Gasteiger partial charge in [0, 0.05) is 11.3 Å². The van der Waals surface area contributed by atoms with Gasteiger partial charge in [0.15, 0.2) is 6.54 Å². The summed E-state index contributed by atoms with van der Waals surface area (Å²) in [6.07, 6.45) is -4.37. The molecule has 5 nitrogen and oxygen atoms in total. The van der Waals surface area contributed by atoms with Gasteiger partial charge < -0.3 is 10.2 Å². The number of quaternary nitrogens is 1. The first-order valence-corrected chi connectivity index (χ1v) is 8.70. The van der Waals surface area contributed by atoms with Crippen LogP contribution >= 0.6 is 0 Å². The van der Waals surface area contributed by atoms with Crippen LogP contribution in [0.3, 0.4) is 0 Å². The first kappa shape index (κ1) is 21.4. The summed E-state index contributed by atoms with van der Waals surface area (Å²) in [6, 6.07) is 9.70. The molecule has 0 bridgehead atoms. The first-order chi connectivity index (χ1) is 13.0. The van der Waals surface area contributed by atoms with Gasteiger partial charge in [-0.05, 0) is 37.6 Å². The number of nitrogens with one attached hydrogen (secondary N) is 3. The number of alkyl halides is 3. The average molecular weight is 394 g/mol. The van der Waals surface area contributed by atoms with E-state index in [0.717, 1.165) is 28.2 Å². The smallest absolute Gasteiger partial charge is 0.326 e. The van der Waals surface area contributed by atoms with Crippen molar-refractivity contribution in [2.75, 3.05) is 18.9 Å². The Bertz CT molecular complexity index is 849. The summed E-state index contributed by atoms with van der Waals surface area (Å²) in [6.45, 7) is 4.15. The topological polar surface area (TPSA) is 62.6 Å². The summed E-state index contributed by atoms with van der Waals surface area (Å²) in [7, 11) is 1.72. The fourth-order valence-corrected chi connectivity index (χ4v) is 2.77. The molecule has 1 atom stereocenters. The summed E-state index contributed by atoms with van der Waals surface area (Å²) in [5, 5.41) is 4.88. The van der Waals surface area contributed by atoms with Crippen LogP contribution in [0.5, 0.6) is 0 Å². The van der Waals surface area contributed by atoms with E-state index in [4.69, 9.17) is 0 Å². The van der Waals surface area contributed by atoms with Crippen LogP contribution in [0.25, 0.3) is 0 Å². The van der Waals surface area contributed by atoms with Crippen molar-refractivity contribution >= 4 is 17.6 Å². The third-order valence-corrected chi connectivity index (χ3v) is 4.13. The van der Waals surface area contributed by atoms with Crippen molar-refractivity contribution in [2.24, 2.45) is 0 Å². The van der Waals surface area contributed by atoms with Gasteiger partial charge in [-0.2, -0.15) is 13.2 Å². The molecule has 0 aliphatic carbocycles. The lowest BCUT2D eigenvalue weighted by Crippen LogP contribution is -3.09. The highest BCUT2D eigenvalue weighted by molar-refractivity contribution is 6.01. The quantitative estimate of drug-likeness (QED) is 0.730. The van der Waals surface area contributed by atoms with E-state index in [9.17, 15) is 22.8 Å². The van der Waals surface area contributed by atoms with Crippen LogP contribution in [-0.2, 0) is 17.5 Å². The minimum absolute atomic E-state index is 0.00131. The van der Waals surface area contributed by atoms with E-state index < -0.39 is 23.7 Å². The number of rotatable bonds is 5. The Morgan fingerprint density at radius 2 is 1.68 bits per heavy atom. The van der Waals surface area contributed by atoms with Crippen molar-refractivity contribution in [3.8, 4) is 0 Å². The fourth-order valence-electron chi connectivity index (χ4n) is 2.77. The molecule has 0 aromatic heterocycles. The first-order valence-electron chi connectivity index (χ1n) is 8.70. The molecule has 2 aromatic carbocycles. The Labute approximate surface area is 161 Å². The van der Waals surface area contributed by atoms with E-state index in [2.05, 4.69) is 10.6 Å². The lowest BCUT2D eigenvalue weighted by molar-refractivity contribution is -0.885. The number of carbonyl (C=O) groups excluding carboxylic acids is 2. The number of hydrogen-bond donors (Lipinski definition) is 3. The third-order valence-electron chi connectivity index (χ3n) is 4.13. The number of halogens is 3. The maximum atomic E-state index is 12.6. The maximum absolute atomic E-state index is 12.6.